The van der Waals surface area contributed by atoms with Crippen LogP contribution in [0.25, 0.3) is 10.9 Å². The van der Waals surface area contributed by atoms with Crippen molar-refractivity contribution in [3.63, 3.8) is 0 Å². The number of rotatable bonds is 5. The Morgan fingerprint density at radius 2 is 1.93 bits per heavy atom. The van der Waals surface area contributed by atoms with E-state index in [1.54, 1.807) is 27.9 Å². The van der Waals surface area contributed by atoms with Gasteiger partial charge in [-0.2, -0.15) is 0 Å². The number of aliphatic hydroxyl groups is 1. The summed E-state index contributed by atoms with van der Waals surface area (Å²) < 4.78 is 5.33. The lowest BCUT2D eigenvalue weighted by molar-refractivity contribution is -0.118. The van der Waals surface area contributed by atoms with Gasteiger partial charge in [-0.25, -0.2) is 0 Å². The summed E-state index contributed by atoms with van der Waals surface area (Å²) in [4.78, 5) is 17.2. The number of benzene rings is 1. The standard InChI is InChI=1S/C18H23N3O2.C4H10O.C2H6/c1-23-16-4-5-18-17(11-16)14(6-8-19-18)12-20-15-3-2-9-21(13-22)10-7-15;1-4(2,3)5;1-2/h4-6,8,11,13,15,20H,2-3,7,9-10,12H2,1H3;5H,1-3H3;1-2H3. The van der Waals surface area contributed by atoms with E-state index in [9.17, 15) is 4.79 Å². The van der Waals surface area contributed by atoms with Gasteiger partial charge >= 0.3 is 0 Å². The molecule has 0 saturated carbocycles. The van der Waals surface area contributed by atoms with E-state index >= 15 is 0 Å². The van der Waals surface area contributed by atoms with Crippen molar-refractivity contribution in [1.29, 1.82) is 0 Å². The lowest BCUT2D eigenvalue weighted by Gasteiger charge is -2.17. The van der Waals surface area contributed by atoms with E-state index in [2.05, 4.69) is 16.4 Å². The van der Waals surface area contributed by atoms with Crippen molar-refractivity contribution in [1.82, 2.24) is 15.2 Å². The zero-order valence-electron chi connectivity index (χ0n) is 19.4. The molecule has 2 aromatic rings. The summed E-state index contributed by atoms with van der Waals surface area (Å²) in [7, 11) is 1.68. The molecule has 0 bridgehead atoms. The van der Waals surface area contributed by atoms with E-state index in [0.29, 0.717) is 6.04 Å². The van der Waals surface area contributed by atoms with Gasteiger partial charge in [0.15, 0.2) is 0 Å². The zero-order chi connectivity index (χ0) is 22.6. The van der Waals surface area contributed by atoms with Crippen molar-refractivity contribution >= 4 is 17.3 Å². The first-order valence-corrected chi connectivity index (χ1v) is 10.9. The molecule has 1 saturated heterocycles. The minimum Gasteiger partial charge on any atom is -0.497 e. The summed E-state index contributed by atoms with van der Waals surface area (Å²) in [5, 5.41) is 13.3. The van der Waals surface area contributed by atoms with Crippen LogP contribution in [-0.4, -0.2) is 53.2 Å². The molecule has 1 unspecified atom stereocenters. The normalized spacial score (nSPS) is 16.5. The predicted molar refractivity (Wildman–Crippen MR) is 124 cm³/mol. The van der Waals surface area contributed by atoms with Crippen molar-refractivity contribution < 1.29 is 14.6 Å². The molecule has 3 rings (SSSR count). The molecule has 168 valence electrons. The van der Waals surface area contributed by atoms with Gasteiger partial charge in [0.05, 0.1) is 18.2 Å². The lowest BCUT2D eigenvalue weighted by Crippen LogP contribution is -2.30. The number of methoxy groups -OCH3 is 1. The Bertz CT molecular complexity index is 753. The summed E-state index contributed by atoms with van der Waals surface area (Å²) in [5.74, 6) is 0.850. The van der Waals surface area contributed by atoms with Crippen LogP contribution >= 0.6 is 0 Å². The number of carbonyl (C=O) groups excluding carboxylic acids is 1. The molecule has 1 aromatic heterocycles. The summed E-state index contributed by atoms with van der Waals surface area (Å²) >= 11 is 0. The van der Waals surface area contributed by atoms with Crippen LogP contribution in [0.4, 0.5) is 0 Å². The first-order valence-electron chi connectivity index (χ1n) is 10.9. The van der Waals surface area contributed by atoms with Crippen LogP contribution in [-0.2, 0) is 11.3 Å². The van der Waals surface area contributed by atoms with E-state index in [-0.39, 0.29) is 0 Å². The van der Waals surface area contributed by atoms with E-state index in [0.717, 1.165) is 62.0 Å². The van der Waals surface area contributed by atoms with Crippen molar-refractivity contribution in [3.05, 3.63) is 36.0 Å². The average Bonchev–Trinajstić information content (AvgIpc) is 2.97. The molecule has 30 heavy (non-hydrogen) atoms. The molecule has 2 N–H and O–H groups in total. The molecule has 1 aliphatic heterocycles. The molecular formula is C24H39N3O3. The largest absolute Gasteiger partial charge is 0.497 e. The molecule has 0 aliphatic carbocycles. The molecular weight excluding hydrogens is 378 g/mol. The minimum atomic E-state index is -0.500. The highest BCUT2D eigenvalue weighted by Gasteiger charge is 2.15. The van der Waals surface area contributed by atoms with Crippen LogP contribution in [0.15, 0.2) is 30.5 Å². The van der Waals surface area contributed by atoms with Crippen LogP contribution < -0.4 is 10.1 Å². The van der Waals surface area contributed by atoms with Gasteiger partial charge in [-0.05, 0) is 69.9 Å². The molecule has 1 aliphatic rings. The number of ether oxygens (including phenoxy) is 1. The number of aromatic nitrogens is 1. The molecule has 2 heterocycles. The van der Waals surface area contributed by atoms with E-state index in [1.807, 2.05) is 43.1 Å². The maximum Gasteiger partial charge on any atom is 0.209 e. The smallest absolute Gasteiger partial charge is 0.209 e. The van der Waals surface area contributed by atoms with E-state index in [1.165, 1.54) is 5.56 Å². The van der Waals surface area contributed by atoms with Crippen molar-refractivity contribution in [2.45, 2.75) is 72.1 Å². The first-order chi connectivity index (χ1) is 14.3. The molecule has 6 nitrogen and oxygen atoms in total. The van der Waals surface area contributed by atoms with Crippen LogP contribution in [0.3, 0.4) is 0 Å². The summed E-state index contributed by atoms with van der Waals surface area (Å²) in [6.45, 7) is 11.7. The van der Waals surface area contributed by atoms with Gasteiger partial charge in [0.1, 0.15) is 5.75 Å². The Kier molecular flexibility index (Phi) is 11.4. The number of fused-ring (bicyclic) bond motifs is 1. The third-order valence-electron chi connectivity index (χ3n) is 4.53. The van der Waals surface area contributed by atoms with Gasteiger partial charge in [-0.1, -0.05) is 13.8 Å². The minimum absolute atomic E-state index is 0.453. The van der Waals surface area contributed by atoms with Crippen LogP contribution in [0.2, 0.25) is 0 Å². The average molecular weight is 418 g/mol. The Balaban J connectivity index is 0.000000565. The number of hydrogen-bond donors (Lipinski definition) is 2. The molecule has 0 radical (unpaired) electrons. The van der Waals surface area contributed by atoms with Gasteiger partial charge in [0.25, 0.3) is 0 Å². The first kappa shape index (κ1) is 25.9. The highest BCUT2D eigenvalue weighted by atomic mass is 16.5. The number of nitrogens with zero attached hydrogens (tertiary/aromatic N) is 2. The van der Waals surface area contributed by atoms with Crippen molar-refractivity contribution in [3.8, 4) is 5.75 Å². The number of amides is 1. The Morgan fingerprint density at radius 1 is 1.23 bits per heavy atom. The predicted octanol–water partition coefficient (Wildman–Crippen LogP) is 4.15. The Hall–Kier alpha value is -2.18. The fourth-order valence-electron chi connectivity index (χ4n) is 3.15. The highest BCUT2D eigenvalue weighted by molar-refractivity contribution is 5.83. The highest BCUT2D eigenvalue weighted by Crippen LogP contribution is 2.22. The van der Waals surface area contributed by atoms with Gasteiger partial charge in [0, 0.05) is 37.3 Å². The molecule has 0 spiro atoms. The van der Waals surface area contributed by atoms with Crippen LogP contribution in [0, 0.1) is 0 Å². The fraction of sp³-hybridized carbons (Fsp3) is 0.583. The third kappa shape index (κ3) is 9.55. The van der Waals surface area contributed by atoms with E-state index in [4.69, 9.17) is 9.84 Å². The summed E-state index contributed by atoms with van der Waals surface area (Å²) in [6, 6.07) is 8.48. The van der Waals surface area contributed by atoms with Crippen LogP contribution in [0.1, 0.15) is 59.4 Å². The fourth-order valence-corrected chi connectivity index (χ4v) is 3.15. The number of hydrogen-bond acceptors (Lipinski definition) is 5. The maximum absolute atomic E-state index is 10.9. The molecule has 1 fully saturated rings. The second kappa shape index (κ2) is 13.2. The Labute approximate surface area is 181 Å². The maximum atomic E-state index is 10.9. The van der Waals surface area contributed by atoms with Crippen molar-refractivity contribution in [2.24, 2.45) is 0 Å². The molecule has 6 heteroatoms. The summed E-state index contributed by atoms with van der Waals surface area (Å²) in [5.41, 5.74) is 1.71. The number of pyridine rings is 1. The van der Waals surface area contributed by atoms with Gasteiger partial charge in [-0.3, -0.25) is 9.78 Å². The topological polar surface area (TPSA) is 74.7 Å². The second-order valence-corrected chi connectivity index (χ2v) is 8.17. The van der Waals surface area contributed by atoms with Crippen molar-refractivity contribution in [2.75, 3.05) is 20.2 Å². The summed E-state index contributed by atoms with van der Waals surface area (Å²) in [6.07, 6.45) is 5.99. The molecule has 1 aromatic carbocycles. The quantitative estimate of drug-likeness (QED) is 0.715. The second-order valence-electron chi connectivity index (χ2n) is 8.17. The number of carbonyl (C=O) groups is 1. The molecule has 1 amide bonds. The Morgan fingerprint density at radius 3 is 2.57 bits per heavy atom. The van der Waals surface area contributed by atoms with Gasteiger partial charge in [0.2, 0.25) is 6.41 Å². The number of likely N-dealkylation sites (tertiary alicyclic amines) is 1. The SMILES string of the molecule is CC.CC(C)(C)O.COc1ccc2nccc(CNC3CCCN(C=O)CC3)c2c1. The zero-order valence-corrected chi connectivity index (χ0v) is 19.4. The van der Waals surface area contributed by atoms with E-state index < -0.39 is 5.60 Å². The lowest BCUT2D eigenvalue weighted by atomic mass is 10.1. The third-order valence-corrected chi connectivity index (χ3v) is 4.53. The number of nitrogens with one attached hydrogen (secondary N) is 1. The molecule has 1 atom stereocenters. The van der Waals surface area contributed by atoms with Gasteiger partial charge < -0.3 is 20.1 Å². The van der Waals surface area contributed by atoms with Gasteiger partial charge in [-0.15, -0.1) is 0 Å². The van der Waals surface area contributed by atoms with Crippen LogP contribution in [0.5, 0.6) is 5.75 Å². The monoisotopic (exact) mass is 417 g/mol.